The number of hydrogen-bond acceptors (Lipinski definition) is 6. The Balaban J connectivity index is 1.50. The Kier molecular flexibility index (Phi) is 4.13. The number of aromatic nitrogens is 4. The largest absolute Gasteiger partial charge is 0.457 e. The first kappa shape index (κ1) is 15.6. The van der Waals surface area contributed by atoms with Crippen LogP contribution in [0.4, 0.5) is 5.82 Å². The maximum absolute atomic E-state index is 12.2. The van der Waals surface area contributed by atoms with E-state index in [9.17, 15) is 4.79 Å². The number of carbonyl (C=O) groups excluding carboxylic acids is 1. The quantitative estimate of drug-likeness (QED) is 0.462. The highest BCUT2D eigenvalue weighted by molar-refractivity contribution is 5.98. The Labute approximate surface area is 198 Å². The lowest BCUT2D eigenvalue weighted by Gasteiger charge is -2.32. The molecular formula is C25H24N6O2. The molecule has 0 unspecified atom stereocenters. The van der Waals surface area contributed by atoms with E-state index in [-0.39, 0.29) is 29.3 Å². The third-order valence-electron chi connectivity index (χ3n) is 5.57. The lowest BCUT2D eigenvalue weighted by atomic mass is 10.1. The SMILES string of the molecule is [2H]c1c([2H])c([2H])c(Oc2ccc(-c3nn([C@@H]4CCCN(C(=O)C=C)C4)c4ncnc(N)c34)cc2)c([2H])c1[2H]. The second-order valence-corrected chi connectivity index (χ2v) is 7.62. The number of para-hydroxylation sites is 1. The number of rotatable bonds is 5. The molecule has 0 bridgehead atoms. The minimum Gasteiger partial charge on any atom is -0.457 e. The van der Waals surface area contributed by atoms with Crippen LogP contribution in [0.1, 0.15) is 25.7 Å². The van der Waals surface area contributed by atoms with Crippen LogP contribution in [0.5, 0.6) is 11.5 Å². The summed E-state index contributed by atoms with van der Waals surface area (Å²) >= 11 is 0. The molecule has 1 saturated heterocycles. The van der Waals surface area contributed by atoms with Crippen molar-refractivity contribution in [3.05, 3.63) is 73.5 Å². The van der Waals surface area contributed by atoms with E-state index in [0.29, 0.717) is 35.4 Å². The van der Waals surface area contributed by atoms with Crippen LogP contribution in [0.15, 0.2) is 73.5 Å². The van der Waals surface area contributed by atoms with Gasteiger partial charge in [0.25, 0.3) is 0 Å². The molecular weight excluding hydrogens is 416 g/mol. The molecule has 8 nitrogen and oxygen atoms in total. The first-order valence-electron chi connectivity index (χ1n) is 13.0. The van der Waals surface area contributed by atoms with Crippen molar-refractivity contribution < 1.29 is 16.4 Å². The zero-order valence-electron chi connectivity index (χ0n) is 22.7. The van der Waals surface area contributed by atoms with Gasteiger partial charge < -0.3 is 15.4 Å². The van der Waals surface area contributed by atoms with Crippen molar-refractivity contribution in [1.29, 1.82) is 0 Å². The summed E-state index contributed by atoms with van der Waals surface area (Å²) < 4.78 is 47.0. The van der Waals surface area contributed by atoms with Crippen molar-refractivity contribution in [2.24, 2.45) is 0 Å². The number of fused-ring (bicyclic) bond motifs is 1. The van der Waals surface area contributed by atoms with Crippen LogP contribution in [0.3, 0.4) is 0 Å². The van der Waals surface area contributed by atoms with Gasteiger partial charge in [0, 0.05) is 18.7 Å². The highest BCUT2D eigenvalue weighted by atomic mass is 16.5. The lowest BCUT2D eigenvalue weighted by Crippen LogP contribution is -2.40. The number of piperidine rings is 1. The fraction of sp³-hybridized carbons (Fsp3) is 0.200. The van der Waals surface area contributed by atoms with Crippen molar-refractivity contribution in [3.8, 4) is 22.8 Å². The monoisotopic (exact) mass is 445 g/mol. The average molecular weight is 446 g/mol. The van der Waals surface area contributed by atoms with Crippen LogP contribution in [-0.4, -0.2) is 43.6 Å². The van der Waals surface area contributed by atoms with Gasteiger partial charge in [0.05, 0.1) is 18.3 Å². The van der Waals surface area contributed by atoms with E-state index in [0.717, 1.165) is 12.8 Å². The van der Waals surface area contributed by atoms with Crippen LogP contribution in [0.25, 0.3) is 22.3 Å². The molecule has 33 heavy (non-hydrogen) atoms. The van der Waals surface area contributed by atoms with Gasteiger partial charge in [-0.2, -0.15) is 5.10 Å². The summed E-state index contributed by atoms with van der Waals surface area (Å²) in [4.78, 5) is 22.5. The maximum Gasteiger partial charge on any atom is 0.246 e. The number of ether oxygens (including phenoxy) is 1. The van der Waals surface area contributed by atoms with Gasteiger partial charge in [0.1, 0.15) is 29.3 Å². The zero-order chi connectivity index (χ0) is 27.1. The van der Waals surface area contributed by atoms with Crippen LogP contribution in [0.2, 0.25) is 0 Å². The minimum absolute atomic E-state index is 0.107. The van der Waals surface area contributed by atoms with Gasteiger partial charge in [-0.05, 0) is 55.3 Å². The van der Waals surface area contributed by atoms with Gasteiger partial charge in [0.2, 0.25) is 5.91 Å². The van der Waals surface area contributed by atoms with E-state index in [4.69, 9.17) is 22.4 Å². The van der Waals surface area contributed by atoms with Crippen molar-refractivity contribution in [2.45, 2.75) is 18.9 Å². The Hall–Kier alpha value is -4.20. The molecule has 1 fully saturated rings. The van der Waals surface area contributed by atoms with Crippen molar-refractivity contribution in [2.75, 3.05) is 18.8 Å². The summed E-state index contributed by atoms with van der Waals surface area (Å²) in [6, 6.07) is 4.32. The van der Waals surface area contributed by atoms with E-state index in [1.165, 1.54) is 12.4 Å². The van der Waals surface area contributed by atoms with Crippen molar-refractivity contribution >= 4 is 22.8 Å². The second-order valence-electron chi connectivity index (χ2n) is 7.62. The average Bonchev–Trinajstić information content (AvgIpc) is 3.34. The Bertz CT molecular complexity index is 1540. The number of likely N-dealkylation sites (tertiary alicyclic amines) is 1. The van der Waals surface area contributed by atoms with E-state index >= 15 is 0 Å². The van der Waals surface area contributed by atoms with Crippen molar-refractivity contribution in [1.82, 2.24) is 24.6 Å². The highest BCUT2D eigenvalue weighted by Gasteiger charge is 2.28. The zero-order valence-corrected chi connectivity index (χ0v) is 17.7. The highest BCUT2D eigenvalue weighted by Crippen LogP contribution is 2.34. The summed E-state index contributed by atoms with van der Waals surface area (Å²) in [7, 11) is 0. The summed E-state index contributed by atoms with van der Waals surface area (Å²) in [6.07, 6.45) is 4.31. The molecule has 1 aliphatic rings. The number of hydrogen-bond donors (Lipinski definition) is 1. The van der Waals surface area contributed by atoms with Crippen LogP contribution in [0, 0.1) is 0 Å². The third kappa shape index (κ3) is 4.03. The maximum atomic E-state index is 12.2. The molecule has 1 amide bonds. The smallest absolute Gasteiger partial charge is 0.246 e. The molecule has 2 aromatic carbocycles. The summed E-state index contributed by atoms with van der Waals surface area (Å²) in [6.45, 7) is 4.71. The van der Waals surface area contributed by atoms with Crippen LogP contribution >= 0.6 is 0 Å². The number of anilines is 1. The fourth-order valence-corrected chi connectivity index (χ4v) is 4.02. The van der Waals surface area contributed by atoms with Gasteiger partial charge >= 0.3 is 0 Å². The Morgan fingerprint density at radius 3 is 2.73 bits per heavy atom. The number of nitrogen functional groups attached to an aromatic ring is 1. The molecule has 2 aromatic heterocycles. The number of amides is 1. The van der Waals surface area contributed by atoms with E-state index in [1.54, 1.807) is 33.8 Å². The first-order valence-corrected chi connectivity index (χ1v) is 10.5. The van der Waals surface area contributed by atoms with E-state index < -0.39 is 30.2 Å². The van der Waals surface area contributed by atoms with Gasteiger partial charge in [0.15, 0.2) is 5.65 Å². The number of nitrogens with zero attached hydrogens (tertiary/aromatic N) is 5. The summed E-state index contributed by atoms with van der Waals surface area (Å²) in [5, 5.41) is 5.42. The minimum atomic E-state index is -0.486. The molecule has 3 heterocycles. The molecule has 5 rings (SSSR count). The Morgan fingerprint density at radius 2 is 1.97 bits per heavy atom. The van der Waals surface area contributed by atoms with Gasteiger partial charge in [-0.15, -0.1) is 0 Å². The molecule has 0 saturated carbocycles. The van der Waals surface area contributed by atoms with Gasteiger partial charge in [-0.25, -0.2) is 14.6 Å². The third-order valence-corrected chi connectivity index (χ3v) is 5.57. The van der Waals surface area contributed by atoms with Crippen LogP contribution in [-0.2, 0) is 4.79 Å². The fourth-order valence-electron chi connectivity index (χ4n) is 4.02. The first-order chi connectivity index (χ1) is 18.2. The summed E-state index contributed by atoms with van der Waals surface area (Å²) in [5.41, 5.74) is 8.05. The standard InChI is InChI=1S/C25H24N6O2/c1-2-21(32)30-14-6-7-18(15-30)31-25-22(24(26)27-16-28-25)23(29-31)17-10-12-20(13-11-17)33-19-8-4-3-5-9-19/h2-5,8-13,16,18H,1,6-7,14-15H2,(H2,26,27,28)/t18-/m1/s1/i3D,4D,5D,8D,9D. The van der Waals surface area contributed by atoms with E-state index in [1.807, 2.05) is 0 Å². The van der Waals surface area contributed by atoms with Crippen molar-refractivity contribution in [3.63, 3.8) is 0 Å². The number of nitrogens with two attached hydrogens (primary N) is 1. The second kappa shape index (κ2) is 8.74. The predicted octanol–water partition coefficient (Wildman–Crippen LogP) is 4.22. The molecule has 1 atom stereocenters. The number of carbonyl (C=O) groups is 1. The molecule has 0 spiro atoms. The molecule has 4 aromatic rings. The molecule has 166 valence electrons. The molecule has 1 aliphatic heterocycles. The number of benzene rings is 2. The Morgan fingerprint density at radius 1 is 1.18 bits per heavy atom. The predicted molar refractivity (Wildman–Crippen MR) is 127 cm³/mol. The summed E-state index contributed by atoms with van der Waals surface area (Å²) in [5.74, 6) is 0.166. The lowest BCUT2D eigenvalue weighted by molar-refractivity contribution is -0.127. The molecule has 0 aliphatic carbocycles. The molecule has 2 N–H and O–H groups in total. The van der Waals surface area contributed by atoms with Gasteiger partial charge in [-0.3, -0.25) is 4.79 Å². The molecule has 8 heteroatoms. The molecule has 0 radical (unpaired) electrons. The topological polar surface area (TPSA) is 99.2 Å². The normalized spacial score (nSPS) is 18.1. The van der Waals surface area contributed by atoms with Gasteiger partial charge in [-0.1, -0.05) is 24.7 Å². The van der Waals surface area contributed by atoms with Crippen LogP contribution < -0.4 is 10.5 Å². The van der Waals surface area contributed by atoms with E-state index in [2.05, 4.69) is 16.5 Å².